The van der Waals surface area contributed by atoms with E-state index in [1.54, 1.807) is 0 Å². The van der Waals surface area contributed by atoms with Gasteiger partial charge in [0.15, 0.2) is 0 Å². The number of hydrogen-bond donors (Lipinski definition) is 3. The van der Waals surface area contributed by atoms with Crippen molar-refractivity contribution < 1.29 is 4.79 Å². The molecule has 1 aromatic carbocycles. The summed E-state index contributed by atoms with van der Waals surface area (Å²) in [5.74, 6) is -0.0645. The zero-order valence-electron chi connectivity index (χ0n) is 14.0. The minimum Gasteiger partial charge on any atom is -0.355 e. The van der Waals surface area contributed by atoms with Gasteiger partial charge in [-0.2, -0.15) is 0 Å². The van der Waals surface area contributed by atoms with E-state index in [1.165, 1.54) is 11.1 Å². The predicted molar refractivity (Wildman–Crippen MR) is 92.8 cm³/mol. The SMILES string of the molecule is CCc1ccc(C[C@@H](N)C(=O)NCCCCCN)cc1CC. The standard InChI is InChI=1S/C18H31N3O/c1-3-15-9-8-14(12-16(15)4-2)13-17(20)18(22)21-11-7-5-6-10-19/h8-9,12,17H,3-7,10-11,13,19-20H2,1-2H3,(H,21,22)/t17-/m1/s1. The number of benzene rings is 1. The summed E-state index contributed by atoms with van der Waals surface area (Å²) >= 11 is 0. The molecule has 0 aliphatic carbocycles. The van der Waals surface area contributed by atoms with Crippen molar-refractivity contribution in [3.05, 3.63) is 34.9 Å². The lowest BCUT2D eigenvalue weighted by Crippen LogP contribution is -2.42. The van der Waals surface area contributed by atoms with Crippen molar-refractivity contribution in [2.75, 3.05) is 13.1 Å². The number of nitrogens with two attached hydrogens (primary N) is 2. The quantitative estimate of drug-likeness (QED) is 0.578. The molecule has 0 fully saturated rings. The van der Waals surface area contributed by atoms with Gasteiger partial charge in [0.2, 0.25) is 5.91 Å². The molecule has 1 rings (SSSR count). The van der Waals surface area contributed by atoms with Crippen molar-refractivity contribution in [2.24, 2.45) is 11.5 Å². The molecule has 0 aromatic heterocycles. The van der Waals surface area contributed by atoms with Crippen molar-refractivity contribution in [3.8, 4) is 0 Å². The maximum Gasteiger partial charge on any atom is 0.237 e. The monoisotopic (exact) mass is 305 g/mol. The fraction of sp³-hybridized carbons (Fsp3) is 0.611. The molecule has 0 saturated carbocycles. The number of carbonyl (C=O) groups is 1. The molecule has 0 radical (unpaired) electrons. The Morgan fingerprint density at radius 2 is 1.86 bits per heavy atom. The van der Waals surface area contributed by atoms with Crippen LogP contribution >= 0.6 is 0 Å². The summed E-state index contributed by atoms with van der Waals surface area (Å²) in [6, 6.07) is 5.96. The van der Waals surface area contributed by atoms with Crippen LogP contribution < -0.4 is 16.8 Å². The predicted octanol–water partition coefficient (Wildman–Crippen LogP) is 1.93. The van der Waals surface area contributed by atoms with E-state index in [0.29, 0.717) is 19.5 Å². The Labute approximate surface area is 134 Å². The smallest absolute Gasteiger partial charge is 0.237 e. The molecule has 0 saturated heterocycles. The Morgan fingerprint density at radius 1 is 1.14 bits per heavy atom. The Bertz CT molecular complexity index is 460. The molecule has 0 bridgehead atoms. The molecule has 0 spiro atoms. The third kappa shape index (κ3) is 6.16. The molecule has 22 heavy (non-hydrogen) atoms. The van der Waals surface area contributed by atoms with Gasteiger partial charge in [0.05, 0.1) is 6.04 Å². The molecule has 5 N–H and O–H groups in total. The van der Waals surface area contributed by atoms with Gasteiger partial charge in [-0.1, -0.05) is 38.5 Å². The molecule has 4 nitrogen and oxygen atoms in total. The molecule has 1 aromatic rings. The summed E-state index contributed by atoms with van der Waals surface area (Å²) in [4.78, 5) is 12.0. The highest BCUT2D eigenvalue weighted by molar-refractivity contribution is 5.81. The molecule has 4 heteroatoms. The normalized spacial score (nSPS) is 12.2. The lowest BCUT2D eigenvalue weighted by atomic mass is 9.97. The molecule has 1 atom stereocenters. The molecule has 0 unspecified atom stereocenters. The number of rotatable bonds is 10. The van der Waals surface area contributed by atoms with Crippen LogP contribution in [0.1, 0.15) is 49.8 Å². The van der Waals surface area contributed by atoms with Gasteiger partial charge in [0.25, 0.3) is 0 Å². The first kappa shape index (κ1) is 18.7. The van der Waals surface area contributed by atoms with Crippen molar-refractivity contribution in [2.45, 2.75) is 58.4 Å². The zero-order valence-corrected chi connectivity index (χ0v) is 14.0. The van der Waals surface area contributed by atoms with Gasteiger partial charge in [-0.05, 0) is 55.3 Å². The third-order valence-corrected chi connectivity index (χ3v) is 4.00. The fourth-order valence-electron chi connectivity index (χ4n) is 2.62. The lowest BCUT2D eigenvalue weighted by molar-refractivity contribution is -0.122. The second-order valence-corrected chi connectivity index (χ2v) is 5.76. The van der Waals surface area contributed by atoms with Crippen molar-refractivity contribution in [3.63, 3.8) is 0 Å². The largest absolute Gasteiger partial charge is 0.355 e. The minimum absolute atomic E-state index is 0.0645. The highest BCUT2D eigenvalue weighted by Crippen LogP contribution is 2.15. The van der Waals surface area contributed by atoms with E-state index in [4.69, 9.17) is 11.5 Å². The van der Waals surface area contributed by atoms with E-state index in [2.05, 4.69) is 37.4 Å². The molecule has 0 aliphatic heterocycles. The second kappa shape index (κ2) is 10.4. The van der Waals surface area contributed by atoms with Gasteiger partial charge in [-0.3, -0.25) is 4.79 Å². The summed E-state index contributed by atoms with van der Waals surface area (Å²) in [7, 11) is 0. The number of hydrogen-bond acceptors (Lipinski definition) is 3. The molecule has 1 amide bonds. The van der Waals surface area contributed by atoms with E-state index >= 15 is 0 Å². The van der Waals surface area contributed by atoms with E-state index in [9.17, 15) is 4.79 Å². The Morgan fingerprint density at radius 3 is 2.50 bits per heavy atom. The van der Waals surface area contributed by atoms with E-state index < -0.39 is 6.04 Å². The van der Waals surface area contributed by atoms with Crippen molar-refractivity contribution >= 4 is 5.91 Å². The average molecular weight is 305 g/mol. The molecular formula is C18H31N3O. The summed E-state index contributed by atoms with van der Waals surface area (Å²) in [5, 5.41) is 2.91. The Balaban J connectivity index is 2.46. The van der Waals surface area contributed by atoms with Gasteiger partial charge >= 0.3 is 0 Å². The van der Waals surface area contributed by atoms with E-state index in [1.807, 2.05) is 0 Å². The van der Waals surface area contributed by atoms with Crippen molar-refractivity contribution in [1.29, 1.82) is 0 Å². The van der Waals surface area contributed by atoms with Gasteiger partial charge in [-0.15, -0.1) is 0 Å². The highest BCUT2D eigenvalue weighted by Gasteiger charge is 2.14. The van der Waals surface area contributed by atoms with E-state index in [0.717, 1.165) is 37.7 Å². The van der Waals surface area contributed by atoms with Crippen LogP contribution in [0, 0.1) is 0 Å². The van der Waals surface area contributed by atoms with Crippen molar-refractivity contribution in [1.82, 2.24) is 5.32 Å². The number of amides is 1. The number of unbranched alkanes of at least 4 members (excludes halogenated alkanes) is 2. The van der Waals surface area contributed by atoms with Crippen LogP contribution in [0.3, 0.4) is 0 Å². The zero-order chi connectivity index (χ0) is 16.4. The molecule has 0 aliphatic rings. The fourth-order valence-corrected chi connectivity index (χ4v) is 2.62. The van der Waals surface area contributed by atoms with Crippen LogP contribution in [-0.2, 0) is 24.1 Å². The van der Waals surface area contributed by atoms with Crippen LogP contribution in [0.4, 0.5) is 0 Å². The van der Waals surface area contributed by atoms with Crippen LogP contribution in [0.5, 0.6) is 0 Å². The van der Waals surface area contributed by atoms with Crippen LogP contribution in [0.25, 0.3) is 0 Å². The summed E-state index contributed by atoms with van der Waals surface area (Å²) in [5.41, 5.74) is 15.3. The van der Waals surface area contributed by atoms with Gasteiger partial charge in [0, 0.05) is 6.54 Å². The highest BCUT2D eigenvalue weighted by atomic mass is 16.2. The Kier molecular flexibility index (Phi) is 8.78. The topological polar surface area (TPSA) is 81.1 Å². The van der Waals surface area contributed by atoms with Gasteiger partial charge < -0.3 is 16.8 Å². The summed E-state index contributed by atoms with van der Waals surface area (Å²) in [6.45, 7) is 5.72. The molecule has 124 valence electrons. The average Bonchev–Trinajstić information content (AvgIpc) is 2.54. The number of carbonyl (C=O) groups excluding carboxylic acids is 1. The van der Waals surface area contributed by atoms with Crippen LogP contribution in [0.2, 0.25) is 0 Å². The lowest BCUT2D eigenvalue weighted by Gasteiger charge is -2.14. The first-order valence-corrected chi connectivity index (χ1v) is 8.46. The van der Waals surface area contributed by atoms with Crippen LogP contribution in [0.15, 0.2) is 18.2 Å². The van der Waals surface area contributed by atoms with Crippen LogP contribution in [-0.4, -0.2) is 25.0 Å². The van der Waals surface area contributed by atoms with Gasteiger partial charge in [-0.25, -0.2) is 0 Å². The summed E-state index contributed by atoms with van der Waals surface area (Å²) < 4.78 is 0. The van der Waals surface area contributed by atoms with Gasteiger partial charge in [0.1, 0.15) is 0 Å². The maximum absolute atomic E-state index is 12.0. The Hall–Kier alpha value is -1.39. The number of aryl methyl sites for hydroxylation is 2. The number of nitrogens with one attached hydrogen (secondary N) is 1. The third-order valence-electron chi connectivity index (χ3n) is 4.00. The first-order chi connectivity index (χ1) is 10.6. The van der Waals surface area contributed by atoms with E-state index in [-0.39, 0.29) is 5.91 Å². The summed E-state index contributed by atoms with van der Waals surface area (Å²) in [6.07, 6.45) is 5.65. The first-order valence-electron chi connectivity index (χ1n) is 8.46. The second-order valence-electron chi connectivity index (χ2n) is 5.76. The maximum atomic E-state index is 12.0. The molecular weight excluding hydrogens is 274 g/mol. The minimum atomic E-state index is -0.480. The molecule has 0 heterocycles.